The molecule has 0 aromatic rings. The van der Waals surface area contributed by atoms with Crippen molar-refractivity contribution in [1.82, 2.24) is 9.80 Å². The van der Waals surface area contributed by atoms with Gasteiger partial charge in [0.05, 0.1) is 13.2 Å². The maximum Gasteiger partial charge on any atom is 0.414 e. The van der Waals surface area contributed by atoms with Gasteiger partial charge in [-0.05, 0) is 38.8 Å². The molecule has 2 aliphatic rings. The number of alkyl halides is 3. The molecule has 2 saturated heterocycles. The van der Waals surface area contributed by atoms with Crippen molar-refractivity contribution in [2.75, 3.05) is 45.9 Å². The Morgan fingerprint density at radius 2 is 1.71 bits per heavy atom. The van der Waals surface area contributed by atoms with Gasteiger partial charge in [0.1, 0.15) is 0 Å². The normalized spacial score (nSPS) is 26.7. The number of aliphatic hydroxyl groups excluding tert-OH is 1. The number of aliphatic hydroxyl groups is 1. The molecule has 0 radical (unpaired) electrons. The number of nitrogens with zero attached hydrogens (tertiary/aromatic N) is 2. The highest BCUT2D eigenvalue weighted by atomic mass is 19.4. The van der Waals surface area contributed by atoms with Gasteiger partial charge in [0.15, 0.2) is 6.10 Å². The minimum atomic E-state index is -4.49. The lowest BCUT2D eigenvalue weighted by atomic mass is 9.90. The summed E-state index contributed by atoms with van der Waals surface area (Å²) in [5.74, 6) is -0.656. The Kier molecular flexibility index (Phi) is 5.88. The molecule has 2 rings (SSSR count). The van der Waals surface area contributed by atoms with E-state index in [0.717, 1.165) is 32.8 Å². The number of ether oxygens (including phenoxy) is 1. The molecule has 0 spiro atoms. The molecule has 0 saturated carbocycles. The lowest BCUT2D eigenvalue weighted by molar-refractivity contribution is -0.223. The largest absolute Gasteiger partial charge is 0.414 e. The minimum Gasteiger partial charge on any atom is -0.383 e. The maximum atomic E-state index is 12.5. The zero-order valence-corrected chi connectivity index (χ0v) is 12.5. The van der Waals surface area contributed by atoms with Crippen LogP contribution in [-0.4, -0.2) is 79.2 Å². The van der Waals surface area contributed by atoms with Crippen LogP contribution < -0.4 is 0 Å². The van der Waals surface area contributed by atoms with Crippen LogP contribution in [0.4, 0.5) is 13.2 Å². The van der Waals surface area contributed by atoms with Crippen LogP contribution in [0, 0.1) is 5.92 Å². The maximum absolute atomic E-state index is 12.5. The molecule has 2 heterocycles. The third-order valence-electron chi connectivity index (χ3n) is 4.61. The quantitative estimate of drug-likeness (QED) is 0.850. The first-order valence-electron chi connectivity index (χ1n) is 7.67. The second kappa shape index (κ2) is 7.26. The van der Waals surface area contributed by atoms with Crippen molar-refractivity contribution < 1.29 is 23.0 Å². The average molecular weight is 310 g/mol. The predicted molar refractivity (Wildman–Crippen MR) is 73.1 cm³/mol. The van der Waals surface area contributed by atoms with Crippen molar-refractivity contribution >= 4 is 0 Å². The first-order valence-corrected chi connectivity index (χ1v) is 7.67. The van der Waals surface area contributed by atoms with Gasteiger partial charge >= 0.3 is 6.18 Å². The van der Waals surface area contributed by atoms with Gasteiger partial charge in [0, 0.05) is 25.7 Å². The first-order chi connectivity index (χ1) is 9.88. The van der Waals surface area contributed by atoms with Gasteiger partial charge in [-0.1, -0.05) is 0 Å². The summed E-state index contributed by atoms with van der Waals surface area (Å²) in [6.07, 6.45) is -5.84. The van der Waals surface area contributed by atoms with Crippen LogP contribution in [0.3, 0.4) is 0 Å². The van der Waals surface area contributed by atoms with E-state index >= 15 is 0 Å². The number of likely N-dealkylation sites (tertiary alicyclic amines) is 1. The van der Waals surface area contributed by atoms with E-state index < -0.39 is 18.2 Å². The average Bonchev–Trinajstić information content (AvgIpc) is 2.46. The Balaban J connectivity index is 1.75. The number of piperidine rings is 1. The molecule has 0 bridgehead atoms. The van der Waals surface area contributed by atoms with Crippen LogP contribution in [0.2, 0.25) is 0 Å². The molecule has 0 aliphatic carbocycles. The van der Waals surface area contributed by atoms with Gasteiger partial charge in [-0.25, -0.2) is 0 Å². The fourth-order valence-corrected chi connectivity index (χ4v) is 3.22. The van der Waals surface area contributed by atoms with Gasteiger partial charge in [-0.3, -0.25) is 9.80 Å². The third-order valence-corrected chi connectivity index (χ3v) is 4.61. The fourth-order valence-electron chi connectivity index (χ4n) is 3.22. The first kappa shape index (κ1) is 17.0. The standard InChI is InChI=1S/C14H25F3N2O2/c1-11(10-18-6-8-21-9-7-18)19-4-2-12(3-5-19)13(20)14(15,16)17/h11-13,20H,2-10H2,1H3. The van der Waals surface area contributed by atoms with Crippen LogP contribution in [0.15, 0.2) is 0 Å². The number of hydrogen-bond acceptors (Lipinski definition) is 4. The van der Waals surface area contributed by atoms with Crippen molar-refractivity contribution in [3.8, 4) is 0 Å². The molecule has 1 N–H and O–H groups in total. The zero-order chi connectivity index (χ0) is 15.5. The highest BCUT2D eigenvalue weighted by Gasteiger charge is 2.44. The summed E-state index contributed by atoms with van der Waals surface area (Å²) in [4.78, 5) is 4.57. The van der Waals surface area contributed by atoms with Crippen molar-refractivity contribution in [1.29, 1.82) is 0 Å². The molecule has 2 atom stereocenters. The molecule has 2 unspecified atom stereocenters. The topological polar surface area (TPSA) is 35.9 Å². The van der Waals surface area contributed by atoms with Crippen LogP contribution in [0.25, 0.3) is 0 Å². The molecule has 7 heteroatoms. The molecule has 2 aliphatic heterocycles. The van der Waals surface area contributed by atoms with E-state index in [-0.39, 0.29) is 0 Å². The molecule has 2 fully saturated rings. The van der Waals surface area contributed by atoms with Gasteiger partial charge in [-0.15, -0.1) is 0 Å². The van der Waals surface area contributed by atoms with E-state index in [2.05, 4.69) is 16.7 Å². The van der Waals surface area contributed by atoms with Crippen LogP contribution >= 0.6 is 0 Å². The number of rotatable bonds is 4. The van der Waals surface area contributed by atoms with E-state index in [1.807, 2.05) is 0 Å². The van der Waals surface area contributed by atoms with E-state index in [1.54, 1.807) is 0 Å². The summed E-state index contributed by atoms with van der Waals surface area (Å²) in [5, 5.41) is 9.33. The number of morpholine rings is 1. The van der Waals surface area contributed by atoms with Crippen molar-refractivity contribution in [2.24, 2.45) is 5.92 Å². The lowest BCUT2D eigenvalue weighted by Crippen LogP contribution is -2.50. The molecular weight excluding hydrogens is 285 g/mol. The third kappa shape index (κ3) is 4.81. The summed E-state index contributed by atoms with van der Waals surface area (Å²) in [6, 6.07) is 0.326. The Labute approximate surface area is 123 Å². The molecule has 21 heavy (non-hydrogen) atoms. The number of hydrogen-bond donors (Lipinski definition) is 1. The van der Waals surface area contributed by atoms with Crippen LogP contribution in [-0.2, 0) is 4.74 Å². The predicted octanol–water partition coefficient (Wildman–Crippen LogP) is 1.34. The van der Waals surface area contributed by atoms with Gasteiger partial charge in [0.25, 0.3) is 0 Å². The minimum absolute atomic E-state index is 0.326. The summed E-state index contributed by atoms with van der Waals surface area (Å²) in [6.45, 7) is 7.67. The Morgan fingerprint density at radius 1 is 1.14 bits per heavy atom. The Hall–Kier alpha value is -0.370. The fraction of sp³-hybridized carbons (Fsp3) is 1.00. The second-order valence-electron chi connectivity index (χ2n) is 6.12. The van der Waals surface area contributed by atoms with Crippen LogP contribution in [0.5, 0.6) is 0 Å². The molecule has 0 aromatic carbocycles. The molecule has 0 amide bonds. The Morgan fingerprint density at radius 3 is 2.24 bits per heavy atom. The molecule has 0 aromatic heterocycles. The van der Waals surface area contributed by atoms with Crippen molar-refractivity contribution in [3.05, 3.63) is 0 Å². The van der Waals surface area contributed by atoms with E-state index in [1.165, 1.54) is 0 Å². The molecule has 4 nitrogen and oxygen atoms in total. The van der Waals surface area contributed by atoms with Crippen LogP contribution in [0.1, 0.15) is 19.8 Å². The number of halogens is 3. The summed E-state index contributed by atoms with van der Waals surface area (Å²) in [7, 11) is 0. The summed E-state index contributed by atoms with van der Waals surface area (Å²) < 4.78 is 42.9. The van der Waals surface area contributed by atoms with E-state index in [9.17, 15) is 18.3 Å². The Bertz CT molecular complexity index is 314. The second-order valence-corrected chi connectivity index (χ2v) is 6.12. The summed E-state index contributed by atoms with van der Waals surface area (Å²) in [5.41, 5.74) is 0. The monoisotopic (exact) mass is 310 g/mol. The zero-order valence-electron chi connectivity index (χ0n) is 12.5. The lowest BCUT2D eigenvalue weighted by Gasteiger charge is -2.40. The van der Waals surface area contributed by atoms with Gasteiger partial charge in [-0.2, -0.15) is 13.2 Å². The highest BCUT2D eigenvalue weighted by Crippen LogP contribution is 2.32. The van der Waals surface area contributed by atoms with Gasteiger partial charge < -0.3 is 9.84 Å². The van der Waals surface area contributed by atoms with Crippen molar-refractivity contribution in [3.63, 3.8) is 0 Å². The SMILES string of the molecule is CC(CN1CCOCC1)N1CCC(C(O)C(F)(F)F)CC1. The van der Waals surface area contributed by atoms with Crippen molar-refractivity contribution in [2.45, 2.75) is 38.1 Å². The van der Waals surface area contributed by atoms with E-state index in [4.69, 9.17) is 4.74 Å². The summed E-state index contributed by atoms with van der Waals surface area (Å²) >= 11 is 0. The van der Waals surface area contributed by atoms with E-state index in [0.29, 0.717) is 32.0 Å². The van der Waals surface area contributed by atoms with Gasteiger partial charge in [0.2, 0.25) is 0 Å². The molecule has 124 valence electrons. The molecular formula is C14H25F3N2O2. The highest BCUT2D eigenvalue weighted by molar-refractivity contribution is 4.84. The smallest absolute Gasteiger partial charge is 0.383 e.